The van der Waals surface area contributed by atoms with Gasteiger partial charge in [-0.15, -0.1) is 11.3 Å². The fourth-order valence-corrected chi connectivity index (χ4v) is 2.46. The van der Waals surface area contributed by atoms with Gasteiger partial charge in [-0.05, 0) is 37.9 Å². The van der Waals surface area contributed by atoms with Crippen LogP contribution in [0.25, 0.3) is 0 Å². The van der Waals surface area contributed by atoms with E-state index in [4.69, 9.17) is 16.3 Å². The van der Waals surface area contributed by atoms with Crippen molar-refractivity contribution in [2.45, 2.75) is 19.3 Å². The number of aryl methyl sites for hydroxylation is 1. The van der Waals surface area contributed by atoms with E-state index in [1.165, 1.54) is 17.7 Å². The number of halogens is 1. The van der Waals surface area contributed by atoms with Gasteiger partial charge in [0.15, 0.2) is 0 Å². The van der Waals surface area contributed by atoms with Crippen molar-refractivity contribution in [2.75, 3.05) is 26.8 Å². The molecule has 1 N–H and O–H groups in total. The number of hydrogen-bond acceptors (Lipinski definition) is 3. The predicted octanol–water partition coefficient (Wildman–Crippen LogP) is 2.96. The molecular formula is C11H18ClNOS. The van der Waals surface area contributed by atoms with Gasteiger partial charge in [0.25, 0.3) is 0 Å². The molecule has 0 saturated heterocycles. The van der Waals surface area contributed by atoms with E-state index in [9.17, 15) is 0 Å². The van der Waals surface area contributed by atoms with Crippen molar-refractivity contribution >= 4 is 22.9 Å². The van der Waals surface area contributed by atoms with Crippen molar-refractivity contribution in [3.05, 3.63) is 21.3 Å². The Kier molecular flexibility index (Phi) is 7.01. The number of ether oxygens (including phenoxy) is 1. The first-order valence-corrected chi connectivity index (χ1v) is 6.46. The van der Waals surface area contributed by atoms with E-state index < -0.39 is 0 Å². The molecule has 0 amide bonds. The Morgan fingerprint density at radius 2 is 2.20 bits per heavy atom. The second-order valence-corrected chi connectivity index (χ2v) is 5.21. The van der Waals surface area contributed by atoms with Gasteiger partial charge in [0.1, 0.15) is 0 Å². The maximum Gasteiger partial charge on any atom is 0.0931 e. The summed E-state index contributed by atoms with van der Waals surface area (Å²) in [6, 6.07) is 4.09. The van der Waals surface area contributed by atoms with Crippen molar-refractivity contribution < 1.29 is 4.74 Å². The van der Waals surface area contributed by atoms with Crippen LogP contribution in [0.5, 0.6) is 0 Å². The van der Waals surface area contributed by atoms with E-state index in [-0.39, 0.29) is 0 Å². The van der Waals surface area contributed by atoms with Crippen LogP contribution < -0.4 is 5.32 Å². The largest absolute Gasteiger partial charge is 0.383 e. The number of methoxy groups -OCH3 is 1. The van der Waals surface area contributed by atoms with Crippen LogP contribution in [0.3, 0.4) is 0 Å². The Bertz CT molecular complexity index is 265. The highest BCUT2D eigenvalue weighted by Crippen LogP contribution is 2.22. The minimum atomic E-state index is 0.792. The zero-order valence-electron chi connectivity index (χ0n) is 9.09. The van der Waals surface area contributed by atoms with E-state index in [1.54, 1.807) is 18.4 Å². The van der Waals surface area contributed by atoms with Gasteiger partial charge in [-0.3, -0.25) is 0 Å². The average Bonchev–Trinajstić information content (AvgIpc) is 2.63. The van der Waals surface area contributed by atoms with Gasteiger partial charge >= 0.3 is 0 Å². The minimum Gasteiger partial charge on any atom is -0.383 e. The van der Waals surface area contributed by atoms with Gasteiger partial charge in [-0.1, -0.05) is 11.6 Å². The van der Waals surface area contributed by atoms with E-state index in [1.807, 2.05) is 6.07 Å². The molecule has 2 nitrogen and oxygen atoms in total. The fourth-order valence-electron chi connectivity index (χ4n) is 1.33. The van der Waals surface area contributed by atoms with Crippen molar-refractivity contribution in [2.24, 2.45) is 0 Å². The van der Waals surface area contributed by atoms with E-state index in [0.29, 0.717) is 0 Å². The lowest BCUT2D eigenvalue weighted by molar-refractivity contribution is 0.199. The molecule has 0 unspecified atom stereocenters. The topological polar surface area (TPSA) is 21.3 Å². The molecule has 0 saturated carbocycles. The third-order valence-electron chi connectivity index (χ3n) is 2.14. The number of rotatable bonds is 8. The highest BCUT2D eigenvalue weighted by Gasteiger charge is 1.97. The standard InChI is InChI=1S/C11H18ClNOS/c1-14-9-8-13-7-3-2-4-10-5-6-11(12)15-10/h5-6,13H,2-4,7-9H2,1H3. The van der Waals surface area contributed by atoms with E-state index >= 15 is 0 Å². The van der Waals surface area contributed by atoms with Crippen LogP contribution in [0, 0.1) is 0 Å². The summed E-state index contributed by atoms with van der Waals surface area (Å²) in [6.07, 6.45) is 3.57. The van der Waals surface area contributed by atoms with Gasteiger partial charge in [-0.2, -0.15) is 0 Å². The maximum atomic E-state index is 5.85. The van der Waals surface area contributed by atoms with Crippen LogP contribution in [0.2, 0.25) is 4.34 Å². The monoisotopic (exact) mass is 247 g/mol. The maximum absolute atomic E-state index is 5.85. The van der Waals surface area contributed by atoms with Crippen molar-refractivity contribution in [3.63, 3.8) is 0 Å². The molecule has 0 atom stereocenters. The molecule has 86 valence electrons. The molecule has 1 rings (SSSR count). The van der Waals surface area contributed by atoms with Crippen LogP contribution in [0.1, 0.15) is 17.7 Å². The zero-order valence-corrected chi connectivity index (χ0v) is 10.7. The number of hydrogen-bond donors (Lipinski definition) is 1. The van der Waals surface area contributed by atoms with Crippen LogP contribution in [0.15, 0.2) is 12.1 Å². The normalized spacial score (nSPS) is 10.8. The minimum absolute atomic E-state index is 0.792. The van der Waals surface area contributed by atoms with Crippen LogP contribution in [0.4, 0.5) is 0 Å². The summed E-state index contributed by atoms with van der Waals surface area (Å²) in [7, 11) is 1.72. The summed E-state index contributed by atoms with van der Waals surface area (Å²) in [6.45, 7) is 2.81. The third kappa shape index (κ3) is 6.15. The molecule has 0 fully saturated rings. The number of unbranched alkanes of at least 4 members (excludes halogenated alkanes) is 1. The lowest BCUT2D eigenvalue weighted by atomic mass is 10.2. The Morgan fingerprint density at radius 3 is 2.87 bits per heavy atom. The first-order valence-electron chi connectivity index (χ1n) is 5.27. The molecule has 0 bridgehead atoms. The summed E-state index contributed by atoms with van der Waals surface area (Å²) in [5.41, 5.74) is 0. The van der Waals surface area contributed by atoms with E-state index in [2.05, 4.69) is 11.4 Å². The van der Waals surface area contributed by atoms with Gasteiger partial charge < -0.3 is 10.1 Å². The Hall–Kier alpha value is -0.0900. The average molecular weight is 248 g/mol. The van der Waals surface area contributed by atoms with Crippen LogP contribution >= 0.6 is 22.9 Å². The molecule has 15 heavy (non-hydrogen) atoms. The predicted molar refractivity (Wildman–Crippen MR) is 67.0 cm³/mol. The number of thiophene rings is 1. The van der Waals surface area contributed by atoms with Crippen molar-refractivity contribution in [3.8, 4) is 0 Å². The summed E-state index contributed by atoms with van der Waals surface area (Å²) in [5, 5.41) is 3.33. The Morgan fingerprint density at radius 1 is 1.33 bits per heavy atom. The summed E-state index contributed by atoms with van der Waals surface area (Å²) >= 11 is 7.53. The van der Waals surface area contributed by atoms with Gasteiger partial charge in [-0.25, -0.2) is 0 Å². The third-order valence-corrected chi connectivity index (χ3v) is 3.43. The quantitative estimate of drug-likeness (QED) is 0.714. The second kappa shape index (κ2) is 8.11. The van der Waals surface area contributed by atoms with Gasteiger partial charge in [0.05, 0.1) is 10.9 Å². The zero-order chi connectivity index (χ0) is 10.9. The second-order valence-electron chi connectivity index (χ2n) is 3.41. The highest BCUT2D eigenvalue weighted by atomic mass is 35.5. The fraction of sp³-hybridized carbons (Fsp3) is 0.636. The van der Waals surface area contributed by atoms with Crippen molar-refractivity contribution in [1.29, 1.82) is 0 Å². The van der Waals surface area contributed by atoms with Gasteiger partial charge in [0.2, 0.25) is 0 Å². The van der Waals surface area contributed by atoms with Crippen LogP contribution in [-0.4, -0.2) is 26.8 Å². The lowest BCUT2D eigenvalue weighted by Crippen LogP contribution is -2.20. The molecule has 1 aromatic heterocycles. The van der Waals surface area contributed by atoms with Crippen LogP contribution in [-0.2, 0) is 11.2 Å². The molecule has 0 aliphatic heterocycles. The Labute approximate surface area is 101 Å². The summed E-state index contributed by atoms with van der Waals surface area (Å²) in [5.74, 6) is 0. The molecule has 1 heterocycles. The highest BCUT2D eigenvalue weighted by molar-refractivity contribution is 7.16. The number of nitrogens with one attached hydrogen (secondary N) is 1. The summed E-state index contributed by atoms with van der Waals surface area (Å²) in [4.78, 5) is 1.39. The molecule has 0 aliphatic rings. The lowest BCUT2D eigenvalue weighted by Gasteiger charge is -2.02. The van der Waals surface area contributed by atoms with Gasteiger partial charge in [0, 0.05) is 18.5 Å². The molecule has 1 aromatic rings. The van der Waals surface area contributed by atoms with Crippen molar-refractivity contribution in [1.82, 2.24) is 5.32 Å². The molecule has 4 heteroatoms. The SMILES string of the molecule is COCCNCCCCc1ccc(Cl)s1. The van der Waals surface area contributed by atoms with E-state index in [0.717, 1.165) is 30.5 Å². The Balaban J connectivity index is 1.93. The molecule has 0 spiro atoms. The molecule has 0 aromatic carbocycles. The molecular weight excluding hydrogens is 230 g/mol. The molecule has 0 radical (unpaired) electrons. The summed E-state index contributed by atoms with van der Waals surface area (Å²) < 4.78 is 5.84. The smallest absolute Gasteiger partial charge is 0.0931 e. The first kappa shape index (κ1) is 13.0. The molecule has 0 aliphatic carbocycles. The first-order chi connectivity index (χ1) is 7.33.